The molecule has 1 amide bonds. The first-order valence-electron chi connectivity index (χ1n) is 8.63. The fraction of sp³-hybridized carbons (Fsp3) is 0.200. The summed E-state index contributed by atoms with van der Waals surface area (Å²) in [7, 11) is 1.66. The first kappa shape index (κ1) is 18.3. The zero-order valence-electron chi connectivity index (χ0n) is 15.1. The van der Waals surface area contributed by atoms with Crippen molar-refractivity contribution in [3.63, 3.8) is 0 Å². The van der Waals surface area contributed by atoms with Crippen molar-refractivity contribution < 1.29 is 9.53 Å². The van der Waals surface area contributed by atoms with Crippen LogP contribution in [0.15, 0.2) is 60.9 Å². The zero-order chi connectivity index (χ0) is 18.9. The largest absolute Gasteiger partial charge is 0.496 e. The van der Waals surface area contributed by atoms with Crippen molar-refractivity contribution in [2.45, 2.75) is 13.0 Å². The van der Waals surface area contributed by atoms with E-state index < -0.39 is 0 Å². The van der Waals surface area contributed by atoms with Gasteiger partial charge >= 0.3 is 0 Å². The molecule has 7 heteroatoms. The number of carbonyl (C=O) groups is 1. The minimum absolute atomic E-state index is 0.271. The van der Waals surface area contributed by atoms with Gasteiger partial charge < -0.3 is 15.4 Å². The smallest absolute Gasteiger partial charge is 0.272 e. The van der Waals surface area contributed by atoms with Gasteiger partial charge in [-0.2, -0.15) is 0 Å². The Bertz CT molecular complexity index is 869. The van der Waals surface area contributed by atoms with Crippen LogP contribution in [0.2, 0.25) is 0 Å². The second kappa shape index (κ2) is 9.28. The van der Waals surface area contributed by atoms with E-state index in [1.165, 1.54) is 0 Å². The molecule has 0 fully saturated rings. The van der Waals surface area contributed by atoms with Crippen LogP contribution in [-0.2, 0) is 13.0 Å². The van der Waals surface area contributed by atoms with Crippen LogP contribution in [0.3, 0.4) is 0 Å². The zero-order valence-corrected chi connectivity index (χ0v) is 15.1. The van der Waals surface area contributed by atoms with Crippen LogP contribution in [0.4, 0.5) is 5.82 Å². The third kappa shape index (κ3) is 5.24. The van der Waals surface area contributed by atoms with Crippen LogP contribution < -0.4 is 15.4 Å². The molecular formula is C20H21N5O2. The maximum Gasteiger partial charge on any atom is 0.272 e. The fourth-order valence-corrected chi connectivity index (χ4v) is 2.56. The number of nitrogens with zero attached hydrogens (tertiary/aromatic N) is 3. The fourth-order valence-electron chi connectivity index (χ4n) is 2.56. The number of amides is 1. The third-order valence-corrected chi connectivity index (χ3v) is 3.97. The Kier molecular flexibility index (Phi) is 6.30. The molecule has 3 aromatic rings. The maximum absolute atomic E-state index is 12.1. The lowest BCUT2D eigenvalue weighted by Crippen LogP contribution is -2.24. The van der Waals surface area contributed by atoms with Crippen LogP contribution in [-0.4, -0.2) is 34.7 Å². The maximum atomic E-state index is 12.1. The van der Waals surface area contributed by atoms with E-state index >= 15 is 0 Å². The van der Waals surface area contributed by atoms with E-state index in [9.17, 15) is 4.79 Å². The molecule has 0 bridgehead atoms. The number of carbonyl (C=O) groups excluding carboxylic acids is 1. The molecule has 2 aromatic heterocycles. The molecule has 3 rings (SSSR count). The number of nitrogens with one attached hydrogen (secondary N) is 2. The summed E-state index contributed by atoms with van der Waals surface area (Å²) in [6.07, 6.45) is 4.19. The van der Waals surface area contributed by atoms with Crippen molar-refractivity contribution in [3.05, 3.63) is 77.7 Å². The van der Waals surface area contributed by atoms with Crippen molar-refractivity contribution in [3.8, 4) is 5.75 Å². The molecule has 0 spiro atoms. The van der Waals surface area contributed by atoms with E-state index in [4.69, 9.17) is 4.74 Å². The highest BCUT2D eigenvalue weighted by molar-refractivity contribution is 5.92. The number of anilines is 1. The lowest BCUT2D eigenvalue weighted by Gasteiger charge is -2.09. The molecule has 27 heavy (non-hydrogen) atoms. The number of rotatable bonds is 8. The molecule has 0 aliphatic carbocycles. The molecule has 7 nitrogen and oxygen atoms in total. The van der Waals surface area contributed by atoms with E-state index in [2.05, 4.69) is 25.8 Å². The van der Waals surface area contributed by atoms with Crippen LogP contribution in [0.25, 0.3) is 0 Å². The van der Waals surface area contributed by atoms with Gasteiger partial charge in [-0.05, 0) is 41.8 Å². The van der Waals surface area contributed by atoms with Gasteiger partial charge in [0.15, 0.2) is 5.69 Å². The second-order valence-electron chi connectivity index (χ2n) is 5.84. The van der Waals surface area contributed by atoms with Gasteiger partial charge in [0.2, 0.25) is 0 Å². The molecule has 2 heterocycles. The number of pyridine rings is 1. The highest BCUT2D eigenvalue weighted by Gasteiger charge is 2.08. The SMILES string of the molecule is COc1ccccc1CCNc1ccc(C(=O)NCc2cccnc2)nn1. The molecule has 138 valence electrons. The second-order valence-corrected chi connectivity index (χ2v) is 5.84. The average molecular weight is 363 g/mol. The number of aromatic nitrogens is 3. The third-order valence-electron chi connectivity index (χ3n) is 3.97. The number of benzene rings is 1. The highest BCUT2D eigenvalue weighted by atomic mass is 16.5. The Morgan fingerprint density at radius 3 is 2.70 bits per heavy atom. The number of hydrogen-bond donors (Lipinski definition) is 2. The van der Waals surface area contributed by atoms with Gasteiger partial charge in [-0.1, -0.05) is 24.3 Å². The summed E-state index contributed by atoms with van der Waals surface area (Å²) in [5, 5.41) is 14.0. The van der Waals surface area contributed by atoms with E-state index in [1.54, 1.807) is 31.6 Å². The van der Waals surface area contributed by atoms with E-state index in [0.29, 0.717) is 18.9 Å². The predicted octanol–water partition coefficient (Wildman–Crippen LogP) is 2.46. The normalized spacial score (nSPS) is 10.3. The summed E-state index contributed by atoms with van der Waals surface area (Å²) in [4.78, 5) is 16.1. The Morgan fingerprint density at radius 1 is 1.07 bits per heavy atom. The monoisotopic (exact) mass is 363 g/mol. The number of para-hydroxylation sites is 1. The summed E-state index contributed by atoms with van der Waals surface area (Å²) in [6, 6.07) is 15.0. The molecule has 0 saturated carbocycles. The van der Waals surface area contributed by atoms with Gasteiger partial charge in [-0.15, -0.1) is 10.2 Å². The van der Waals surface area contributed by atoms with Crippen molar-refractivity contribution in [2.75, 3.05) is 19.0 Å². The summed E-state index contributed by atoms with van der Waals surface area (Å²) in [5.41, 5.74) is 2.31. The Hall–Kier alpha value is -3.48. The first-order valence-corrected chi connectivity index (χ1v) is 8.63. The lowest BCUT2D eigenvalue weighted by atomic mass is 10.1. The lowest BCUT2D eigenvalue weighted by molar-refractivity contribution is 0.0945. The van der Waals surface area contributed by atoms with Crippen molar-refractivity contribution in [1.29, 1.82) is 0 Å². The quantitative estimate of drug-likeness (QED) is 0.639. The molecule has 2 N–H and O–H groups in total. The van der Waals surface area contributed by atoms with Gasteiger partial charge in [0.05, 0.1) is 7.11 Å². The summed E-state index contributed by atoms with van der Waals surface area (Å²) < 4.78 is 5.34. The molecule has 0 radical (unpaired) electrons. The molecule has 0 saturated heterocycles. The van der Waals surface area contributed by atoms with Crippen molar-refractivity contribution >= 4 is 11.7 Å². The van der Waals surface area contributed by atoms with Crippen LogP contribution in [0, 0.1) is 0 Å². The van der Waals surface area contributed by atoms with Gasteiger partial charge in [0.1, 0.15) is 11.6 Å². The van der Waals surface area contributed by atoms with Crippen molar-refractivity contribution in [2.24, 2.45) is 0 Å². The van der Waals surface area contributed by atoms with E-state index in [0.717, 1.165) is 23.3 Å². The van der Waals surface area contributed by atoms with Gasteiger partial charge in [0.25, 0.3) is 5.91 Å². The van der Waals surface area contributed by atoms with Gasteiger partial charge in [-0.3, -0.25) is 9.78 Å². The predicted molar refractivity (Wildman–Crippen MR) is 103 cm³/mol. The molecule has 0 unspecified atom stereocenters. The Morgan fingerprint density at radius 2 is 1.96 bits per heavy atom. The van der Waals surface area contributed by atoms with Gasteiger partial charge in [0, 0.05) is 25.5 Å². The number of methoxy groups -OCH3 is 1. The average Bonchev–Trinajstić information content (AvgIpc) is 2.73. The van der Waals surface area contributed by atoms with E-state index in [-0.39, 0.29) is 11.6 Å². The van der Waals surface area contributed by atoms with Gasteiger partial charge in [-0.25, -0.2) is 0 Å². The number of hydrogen-bond acceptors (Lipinski definition) is 6. The first-order chi connectivity index (χ1) is 13.3. The Balaban J connectivity index is 1.49. The summed E-state index contributed by atoms with van der Waals surface area (Å²) in [5.74, 6) is 1.21. The Labute approximate surface area is 157 Å². The van der Waals surface area contributed by atoms with Crippen LogP contribution >= 0.6 is 0 Å². The van der Waals surface area contributed by atoms with Crippen molar-refractivity contribution in [1.82, 2.24) is 20.5 Å². The molecule has 1 aromatic carbocycles. The van der Waals surface area contributed by atoms with Crippen LogP contribution in [0.1, 0.15) is 21.6 Å². The van der Waals surface area contributed by atoms with Crippen LogP contribution in [0.5, 0.6) is 5.75 Å². The minimum Gasteiger partial charge on any atom is -0.496 e. The summed E-state index contributed by atoms with van der Waals surface area (Å²) >= 11 is 0. The standard InChI is InChI=1S/C20H21N5O2/c1-27-18-7-3-2-6-16(18)10-12-22-19-9-8-17(24-25-19)20(26)23-14-15-5-4-11-21-13-15/h2-9,11,13H,10,12,14H2,1H3,(H,22,25)(H,23,26). The molecule has 0 aliphatic rings. The highest BCUT2D eigenvalue weighted by Crippen LogP contribution is 2.17. The molecule has 0 aliphatic heterocycles. The molecule has 0 atom stereocenters. The van der Waals surface area contributed by atoms with E-state index in [1.807, 2.05) is 36.4 Å². The minimum atomic E-state index is -0.271. The molecular weight excluding hydrogens is 342 g/mol. The number of ether oxygens (including phenoxy) is 1. The summed E-state index contributed by atoms with van der Waals surface area (Å²) in [6.45, 7) is 1.08. The topological polar surface area (TPSA) is 89.0 Å².